The first-order valence-corrected chi connectivity index (χ1v) is 5.78. The molecule has 1 heterocycles. The Kier molecular flexibility index (Phi) is 4.50. The van der Waals surface area contributed by atoms with Crippen LogP contribution in [0.5, 0.6) is 0 Å². The van der Waals surface area contributed by atoms with Crippen LogP contribution in [-0.4, -0.2) is 21.6 Å². The van der Waals surface area contributed by atoms with Crippen LogP contribution in [0, 0.1) is 6.92 Å². The maximum absolute atomic E-state index is 11.7. The highest BCUT2D eigenvalue weighted by Crippen LogP contribution is 2.20. The average Bonchev–Trinajstić information content (AvgIpc) is 2.45. The lowest BCUT2D eigenvalue weighted by atomic mass is 10.1. The van der Waals surface area contributed by atoms with Crippen molar-refractivity contribution < 1.29 is 4.79 Å². The molecular weight excluding hydrogens is 226 g/mol. The molecule has 0 aliphatic rings. The fourth-order valence-corrected chi connectivity index (χ4v) is 1.79. The minimum Gasteiger partial charge on any atom is -0.327 e. The summed E-state index contributed by atoms with van der Waals surface area (Å²) in [5.74, 6) is 0.110. The SMILES string of the molecule is CCC(N)CC(=O)Cc1c(Cl)c(C)nn1C. The minimum absolute atomic E-state index is 0.0550. The molecule has 0 spiro atoms. The van der Waals surface area contributed by atoms with Crippen LogP contribution in [0.4, 0.5) is 0 Å². The lowest BCUT2D eigenvalue weighted by molar-refractivity contribution is -0.118. The molecule has 2 N–H and O–H groups in total. The van der Waals surface area contributed by atoms with Gasteiger partial charge in [-0.2, -0.15) is 5.10 Å². The van der Waals surface area contributed by atoms with Gasteiger partial charge in [0.05, 0.1) is 16.4 Å². The van der Waals surface area contributed by atoms with Gasteiger partial charge < -0.3 is 5.73 Å². The van der Waals surface area contributed by atoms with Crippen molar-refractivity contribution in [1.29, 1.82) is 0 Å². The number of ketones is 1. The molecule has 4 nitrogen and oxygen atoms in total. The molecule has 0 radical (unpaired) electrons. The molecule has 1 rings (SSSR count). The molecule has 5 heteroatoms. The molecule has 1 aromatic rings. The third-order valence-corrected chi connectivity index (χ3v) is 3.13. The van der Waals surface area contributed by atoms with Crippen molar-refractivity contribution in [2.45, 2.75) is 39.2 Å². The first kappa shape index (κ1) is 13.2. The fourth-order valence-electron chi connectivity index (χ4n) is 1.57. The van der Waals surface area contributed by atoms with Gasteiger partial charge in [-0.3, -0.25) is 9.48 Å². The highest BCUT2D eigenvalue weighted by molar-refractivity contribution is 6.32. The van der Waals surface area contributed by atoms with E-state index >= 15 is 0 Å². The number of aryl methyl sites for hydroxylation is 2. The Balaban J connectivity index is 2.70. The van der Waals surface area contributed by atoms with Crippen LogP contribution in [0.2, 0.25) is 5.02 Å². The van der Waals surface area contributed by atoms with E-state index in [1.54, 1.807) is 11.7 Å². The zero-order valence-corrected chi connectivity index (χ0v) is 10.7. The summed E-state index contributed by atoms with van der Waals surface area (Å²) >= 11 is 6.06. The van der Waals surface area contributed by atoms with Gasteiger partial charge in [-0.15, -0.1) is 0 Å². The lowest BCUT2D eigenvalue weighted by Crippen LogP contribution is -2.24. The molecule has 16 heavy (non-hydrogen) atoms. The summed E-state index contributed by atoms with van der Waals surface area (Å²) in [6.07, 6.45) is 1.52. The van der Waals surface area contributed by atoms with E-state index in [0.717, 1.165) is 17.8 Å². The molecule has 0 aliphatic heterocycles. The highest BCUT2D eigenvalue weighted by atomic mass is 35.5. The van der Waals surface area contributed by atoms with Crippen LogP contribution in [-0.2, 0) is 18.3 Å². The molecule has 0 saturated heterocycles. The highest BCUT2D eigenvalue weighted by Gasteiger charge is 2.16. The number of nitrogens with zero attached hydrogens (tertiary/aromatic N) is 2. The molecule has 0 aliphatic carbocycles. The van der Waals surface area contributed by atoms with E-state index in [0.29, 0.717) is 17.9 Å². The van der Waals surface area contributed by atoms with Gasteiger partial charge in [0.1, 0.15) is 5.78 Å². The predicted molar refractivity (Wildman–Crippen MR) is 64.5 cm³/mol. The topological polar surface area (TPSA) is 60.9 Å². The number of halogens is 1. The minimum atomic E-state index is -0.0550. The Morgan fingerprint density at radius 3 is 2.69 bits per heavy atom. The van der Waals surface area contributed by atoms with E-state index in [2.05, 4.69) is 5.10 Å². The largest absolute Gasteiger partial charge is 0.327 e. The van der Waals surface area contributed by atoms with E-state index in [4.69, 9.17) is 17.3 Å². The van der Waals surface area contributed by atoms with Crippen molar-refractivity contribution in [2.75, 3.05) is 0 Å². The summed E-state index contributed by atoms with van der Waals surface area (Å²) in [5, 5.41) is 4.75. The second-order valence-electron chi connectivity index (χ2n) is 4.06. The smallest absolute Gasteiger partial charge is 0.140 e. The number of carbonyl (C=O) groups excluding carboxylic acids is 1. The third kappa shape index (κ3) is 3.06. The van der Waals surface area contributed by atoms with E-state index in [1.165, 1.54) is 0 Å². The fraction of sp³-hybridized carbons (Fsp3) is 0.636. The van der Waals surface area contributed by atoms with Gasteiger partial charge in [-0.05, 0) is 13.3 Å². The standard InChI is InChI=1S/C11H18ClN3O/c1-4-8(13)5-9(16)6-10-11(12)7(2)14-15(10)3/h8H,4-6,13H2,1-3H3. The Hall–Kier alpha value is -0.870. The maximum Gasteiger partial charge on any atom is 0.140 e. The van der Waals surface area contributed by atoms with Crippen molar-refractivity contribution in [2.24, 2.45) is 12.8 Å². The van der Waals surface area contributed by atoms with Crippen molar-refractivity contribution in [1.82, 2.24) is 9.78 Å². The summed E-state index contributed by atoms with van der Waals surface area (Å²) in [6, 6.07) is -0.0550. The van der Waals surface area contributed by atoms with Gasteiger partial charge in [0.15, 0.2) is 0 Å². The second-order valence-corrected chi connectivity index (χ2v) is 4.44. The Morgan fingerprint density at radius 1 is 1.62 bits per heavy atom. The molecule has 90 valence electrons. The molecule has 1 aromatic heterocycles. The zero-order valence-electron chi connectivity index (χ0n) is 9.96. The van der Waals surface area contributed by atoms with Gasteiger partial charge in [0.2, 0.25) is 0 Å². The second kappa shape index (κ2) is 5.46. The number of hydrogen-bond donors (Lipinski definition) is 1. The average molecular weight is 244 g/mol. The quantitative estimate of drug-likeness (QED) is 0.855. The van der Waals surface area contributed by atoms with Gasteiger partial charge in [0.25, 0.3) is 0 Å². The van der Waals surface area contributed by atoms with Crippen LogP contribution < -0.4 is 5.73 Å². The monoisotopic (exact) mass is 243 g/mol. The van der Waals surface area contributed by atoms with Gasteiger partial charge in [-0.1, -0.05) is 18.5 Å². The molecule has 1 unspecified atom stereocenters. The van der Waals surface area contributed by atoms with Crippen LogP contribution in [0.1, 0.15) is 31.2 Å². The summed E-state index contributed by atoms with van der Waals surface area (Å²) in [5.41, 5.74) is 7.26. The Labute approximate surface area is 101 Å². The molecular formula is C11H18ClN3O. The molecule has 0 bridgehead atoms. The number of Topliss-reactive ketones (excluding diaryl/α,β-unsaturated/α-hetero) is 1. The zero-order chi connectivity index (χ0) is 12.3. The van der Waals surface area contributed by atoms with Crippen LogP contribution in [0.25, 0.3) is 0 Å². The maximum atomic E-state index is 11.7. The Bertz CT molecular complexity index is 387. The summed E-state index contributed by atoms with van der Waals surface area (Å²) in [6.45, 7) is 3.80. The molecule has 1 atom stereocenters. The van der Waals surface area contributed by atoms with Crippen LogP contribution in [0.15, 0.2) is 0 Å². The molecule has 0 aromatic carbocycles. The first-order valence-electron chi connectivity index (χ1n) is 5.41. The van der Waals surface area contributed by atoms with Gasteiger partial charge in [0, 0.05) is 25.9 Å². The summed E-state index contributed by atoms with van der Waals surface area (Å²) in [4.78, 5) is 11.7. The van der Waals surface area contributed by atoms with Crippen molar-refractivity contribution in [3.63, 3.8) is 0 Å². The van der Waals surface area contributed by atoms with Crippen molar-refractivity contribution in [3.05, 3.63) is 16.4 Å². The van der Waals surface area contributed by atoms with E-state index in [-0.39, 0.29) is 11.8 Å². The van der Waals surface area contributed by atoms with Gasteiger partial charge >= 0.3 is 0 Å². The Morgan fingerprint density at radius 2 is 2.25 bits per heavy atom. The summed E-state index contributed by atoms with van der Waals surface area (Å²) in [7, 11) is 1.79. The number of rotatable bonds is 5. The van der Waals surface area contributed by atoms with Crippen molar-refractivity contribution in [3.8, 4) is 0 Å². The van der Waals surface area contributed by atoms with E-state index in [1.807, 2.05) is 13.8 Å². The first-order chi connectivity index (χ1) is 7.45. The number of carbonyl (C=O) groups is 1. The third-order valence-electron chi connectivity index (χ3n) is 2.64. The lowest BCUT2D eigenvalue weighted by Gasteiger charge is -2.07. The summed E-state index contributed by atoms with van der Waals surface area (Å²) < 4.78 is 1.66. The van der Waals surface area contributed by atoms with Gasteiger partial charge in [-0.25, -0.2) is 0 Å². The van der Waals surface area contributed by atoms with Crippen LogP contribution in [0.3, 0.4) is 0 Å². The van der Waals surface area contributed by atoms with Crippen LogP contribution >= 0.6 is 11.6 Å². The molecule has 0 fully saturated rings. The number of hydrogen-bond acceptors (Lipinski definition) is 3. The number of nitrogens with two attached hydrogens (primary N) is 1. The van der Waals surface area contributed by atoms with E-state index < -0.39 is 0 Å². The molecule has 0 saturated carbocycles. The number of aromatic nitrogens is 2. The molecule has 0 amide bonds. The normalized spacial score (nSPS) is 12.8. The van der Waals surface area contributed by atoms with Crippen molar-refractivity contribution >= 4 is 17.4 Å². The predicted octanol–water partition coefficient (Wildman–Crippen LogP) is 1.62. The van der Waals surface area contributed by atoms with E-state index in [9.17, 15) is 4.79 Å².